The molecule has 1 amide bonds. The van der Waals surface area contributed by atoms with Crippen LogP contribution < -0.4 is 0 Å². The van der Waals surface area contributed by atoms with Gasteiger partial charge in [0.15, 0.2) is 0 Å². The molecule has 0 spiro atoms. The maximum Gasteiger partial charge on any atom is 0.312 e. The van der Waals surface area contributed by atoms with Crippen LogP contribution in [0.25, 0.3) is 17.1 Å². The maximum atomic E-state index is 13.5. The van der Waals surface area contributed by atoms with Crippen LogP contribution in [0.2, 0.25) is 0 Å². The summed E-state index contributed by atoms with van der Waals surface area (Å²) in [6, 6.07) is 5.50. The summed E-state index contributed by atoms with van der Waals surface area (Å²) in [5.74, 6) is -0.547. The minimum Gasteiger partial charge on any atom is -0.411 e. The van der Waals surface area contributed by atoms with Gasteiger partial charge in [0.05, 0.1) is 35.8 Å². The number of aromatic nitrogens is 8. The fraction of sp³-hybridized carbons (Fsp3) is 0.238. The zero-order chi connectivity index (χ0) is 23.4. The molecule has 5 aromatic heterocycles. The van der Waals surface area contributed by atoms with Crippen molar-refractivity contribution < 1.29 is 18.0 Å². The van der Waals surface area contributed by atoms with Crippen LogP contribution in [0.3, 0.4) is 0 Å². The highest BCUT2D eigenvalue weighted by Crippen LogP contribution is 2.35. The van der Waals surface area contributed by atoms with Crippen molar-refractivity contribution >= 4 is 11.4 Å². The number of alkyl halides is 2. The molecule has 0 radical (unpaired) electrons. The quantitative estimate of drug-likeness (QED) is 0.433. The number of rotatable bonds is 4. The number of halogens is 2. The van der Waals surface area contributed by atoms with Crippen molar-refractivity contribution in [1.82, 2.24) is 44.2 Å². The largest absolute Gasteiger partial charge is 0.411 e. The normalized spacial score (nSPS) is 15.9. The molecular formula is C21H17F2N9O2. The highest BCUT2D eigenvalue weighted by Gasteiger charge is 2.38. The third kappa shape index (κ3) is 3.08. The Morgan fingerprint density at radius 3 is 2.97 bits per heavy atom. The topological polar surface area (TPSA) is 123 Å². The van der Waals surface area contributed by atoms with E-state index in [0.29, 0.717) is 35.6 Å². The Kier molecular flexibility index (Phi) is 4.50. The number of pyridine rings is 1. The van der Waals surface area contributed by atoms with Crippen LogP contribution in [-0.2, 0) is 13.5 Å². The van der Waals surface area contributed by atoms with Crippen molar-refractivity contribution in [3.05, 3.63) is 71.8 Å². The number of aromatic amines is 1. The molecule has 11 nitrogen and oxygen atoms in total. The molecule has 0 saturated carbocycles. The van der Waals surface area contributed by atoms with E-state index in [4.69, 9.17) is 4.42 Å². The fourth-order valence-corrected chi connectivity index (χ4v) is 4.25. The number of nitrogens with one attached hydrogen (secondary N) is 1. The number of hydrogen-bond donors (Lipinski definition) is 1. The van der Waals surface area contributed by atoms with Gasteiger partial charge in [-0.1, -0.05) is 6.07 Å². The first-order chi connectivity index (χ1) is 16.5. The first kappa shape index (κ1) is 20.2. The molecule has 6 heterocycles. The van der Waals surface area contributed by atoms with Crippen molar-refractivity contribution in [3.63, 3.8) is 0 Å². The van der Waals surface area contributed by atoms with Gasteiger partial charge in [-0.15, -0.1) is 10.2 Å². The zero-order valence-electron chi connectivity index (χ0n) is 17.8. The van der Waals surface area contributed by atoms with Gasteiger partial charge >= 0.3 is 11.8 Å². The molecule has 13 heteroatoms. The number of amides is 1. The molecule has 1 N–H and O–H groups in total. The summed E-state index contributed by atoms with van der Waals surface area (Å²) in [5, 5.41) is 12.4. The van der Waals surface area contributed by atoms with Gasteiger partial charge in [-0.3, -0.25) is 4.79 Å². The predicted octanol–water partition coefficient (Wildman–Crippen LogP) is 2.57. The van der Waals surface area contributed by atoms with Crippen LogP contribution in [0.15, 0.2) is 47.5 Å². The fourth-order valence-electron chi connectivity index (χ4n) is 4.25. The molecule has 0 bridgehead atoms. The van der Waals surface area contributed by atoms with Crippen molar-refractivity contribution in [2.24, 2.45) is 7.05 Å². The second-order valence-electron chi connectivity index (χ2n) is 7.88. The van der Waals surface area contributed by atoms with Gasteiger partial charge in [-0.2, -0.15) is 5.10 Å². The molecule has 6 rings (SSSR count). The number of H-pyrrole nitrogens is 1. The zero-order valence-corrected chi connectivity index (χ0v) is 17.8. The summed E-state index contributed by atoms with van der Waals surface area (Å²) in [6.45, 7) is 0.317. The van der Waals surface area contributed by atoms with E-state index in [1.807, 2.05) is 0 Å². The first-order valence-electron chi connectivity index (χ1n) is 10.4. The molecule has 1 unspecified atom stereocenters. The molecular weight excluding hydrogens is 448 g/mol. The molecule has 0 saturated heterocycles. The highest BCUT2D eigenvalue weighted by molar-refractivity contribution is 5.90. The summed E-state index contributed by atoms with van der Waals surface area (Å²) in [7, 11) is 1.77. The molecule has 0 aliphatic carbocycles. The number of carbonyl (C=O) groups excluding carboxylic acids is 1. The van der Waals surface area contributed by atoms with Crippen molar-refractivity contribution in [1.29, 1.82) is 0 Å². The van der Waals surface area contributed by atoms with E-state index in [9.17, 15) is 13.6 Å². The van der Waals surface area contributed by atoms with E-state index in [-0.39, 0.29) is 17.5 Å². The number of hydrogen-bond acceptors (Lipinski definition) is 7. The predicted molar refractivity (Wildman–Crippen MR) is 112 cm³/mol. The Morgan fingerprint density at radius 2 is 2.18 bits per heavy atom. The van der Waals surface area contributed by atoms with E-state index in [0.717, 1.165) is 5.69 Å². The Hall–Kier alpha value is -4.42. The van der Waals surface area contributed by atoms with E-state index in [2.05, 4.69) is 30.2 Å². The van der Waals surface area contributed by atoms with Crippen LogP contribution in [0, 0.1) is 0 Å². The average Bonchev–Trinajstić information content (AvgIpc) is 3.62. The van der Waals surface area contributed by atoms with Crippen LogP contribution in [0.5, 0.6) is 0 Å². The summed E-state index contributed by atoms with van der Waals surface area (Å²) >= 11 is 0. The second-order valence-corrected chi connectivity index (χ2v) is 7.88. The Bertz CT molecular complexity index is 1520. The molecule has 34 heavy (non-hydrogen) atoms. The van der Waals surface area contributed by atoms with Crippen LogP contribution in [0.4, 0.5) is 8.78 Å². The monoisotopic (exact) mass is 465 g/mol. The summed E-state index contributed by atoms with van der Waals surface area (Å²) < 4.78 is 35.6. The number of nitrogens with zero attached hydrogens (tertiary/aromatic N) is 8. The van der Waals surface area contributed by atoms with Gasteiger partial charge in [0.2, 0.25) is 0 Å². The van der Waals surface area contributed by atoms with Crippen LogP contribution >= 0.6 is 0 Å². The van der Waals surface area contributed by atoms with E-state index in [1.54, 1.807) is 48.7 Å². The smallest absolute Gasteiger partial charge is 0.312 e. The lowest BCUT2D eigenvalue weighted by Gasteiger charge is -2.32. The lowest BCUT2D eigenvalue weighted by Crippen LogP contribution is -2.41. The summed E-state index contributed by atoms with van der Waals surface area (Å²) in [6.07, 6.45) is 2.50. The first-order valence-corrected chi connectivity index (χ1v) is 10.4. The van der Waals surface area contributed by atoms with Gasteiger partial charge in [0.25, 0.3) is 12.3 Å². The van der Waals surface area contributed by atoms with Crippen LogP contribution in [0.1, 0.15) is 45.9 Å². The van der Waals surface area contributed by atoms with Crippen LogP contribution in [-0.4, -0.2) is 56.7 Å². The SMILES string of the molecule is Cn1cncc1-c1nnc(C(=O)N2CCc3[nH]cnc3C2c2cc3cccc(C(F)F)n3n2)o1. The molecule has 0 fully saturated rings. The maximum absolute atomic E-state index is 13.5. The molecule has 5 aromatic rings. The minimum atomic E-state index is -2.70. The highest BCUT2D eigenvalue weighted by atomic mass is 19.3. The Balaban J connectivity index is 1.42. The number of fused-ring (bicyclic) bond motifs is 2. The van der Waals surface area contributed by atoms with Crippen molar-refractivity contribution in [3.8, 4) is 11.6 Å². The van der Waals surface area contributed by atoms with E-state index < -0.39 is 18.4 Å². The minimum absolute atomic E-state index is 0.159. The third-order valence-electron chi connectivity index (χ3n) is 5.87. The van der Waals surface area contributed by atoms with Gasteiger partial charge in [0, 0.05) is 25.7 Å². The van der Waals surface area contributed by atoms with E-state index >= 15 is 0 Å². The van der Waals surface area contributed by atoms with Gasteiger partial charge < -0.3 is 18.9 Å². The van der Waals surface area contributed by atoms with E-state index in [1.165, 1.54) is 15.5 Å². The van der Waals surface area contributed by atoms with Gasteiger partial charge in [0.1, 0.15) is 17.4 Å². The van der Waals surface area contributed by atoms with Crippen molar-refractivity contribution in [2.45, 2.75) is 18.9 Å². The molecule has 1 aliphatic rings. The third-order valence-corrected chi connectivity index (χ3v) is 5.87. The molecule has 1 atom stereocenters. The average molecular weight is 465 g/mol. The Morgan fingerprint density at radius 1 is 1.29 bits per heavy atom. The molecule has 172 valence electrons. The number of carbonyl (C=O) groups is 1. The summed E-state index contributed by atoms with van der Waals surface area (Å²) in [5.41, 5.74) is 2.66. The van der Waals surface area contributed by atoms with Gasteiger partial charge in [-0.05, 0) is 18.2 Å². The van der Waals surface area contributed by atoms with Gasteiger partial charge in [-0.25, -0.2) is 23.3 Å². The number of aryl methyl sites for hydroxylation is 1. The molecule has 1 aliphatic heterocycles. The Labute approximate surface area is 190 Å². The number of imidazole rings is 2. The van der Waals surface area contributed by atoms with Crippen molar-refractivity contribution in [2.75, 3.05) is 6.54 Å². The standard InChI is InChI=1S/C21H17F2N9O2/c1-30-10-24-8-15(30)19-27-28-20(34-19)21(33)31-6-5-12-16(26-9-25-12)17(31)13-7-11-3-2-4-14(18(22)23)32(11)29-13/h2-4,7-10,17-18H,5-6H2,1H3,(H,25,26). The lowest BCUT2D eigenvalue weighted by molar-refractivity contribution is 0.0646. The lowest BCUT2D eigenvalue weighted by atomic mass is 9.99. The molecule has 0 aromatic carbocycles. The second kappa shape index (κ2) is 7.57. The summed E-state index contributed by atoms with van der Waals surface area (Å²) in [4.78, 5) is 26.5.